The number of aromatic nitrogens is 1. The van der Waals surface area contributed by atoms with Crippen molar-refractivity contribution >= 4 is 5.57 Å². The van der Waals surface area contributed by atoms with Crippen LogP contribution >= 0.6 is 0 Å². The van der Waals surface area contributed by atoms with E-state index in [0.29, 0.717) is 5.57 Å². The van der Waals surface area contributed by atoms with E-state index in [0.717, 1.165) is 38.3 Å². The van der Waals surface area contributed by atoms with E-state index < -0.39 is 0 Å². The predicted molar refractivity (Wildman–Crippen MR) is 84.7 cm³/mol. The van der Waals surface area contributed by atoms with E-state index in [1.54, 1.807) is 6.08 Å². The Balaban J connectivity index is 2.07. The first-order chi connectivity index (χ1) is 10.2. The van der Waals surface area contributed by atoms with Crippen LogP contribution in [0, 0.1) is 0 Å². The van der Waals surface area contributed by atoms with Gasteiger partial charge in [0.05, 0.1) is 0 Å². The number of hydrogen-bond acceptors (Lipinski definition) is 2. The second-order valence-corrected chi connectivity index (χ2v) is 5.86. The van der Waals surface area contributed by atoms with Crippen LogP contribution in [0.15, 0.2) is 36.7 Å². The van der Waals surface area contributed by atoms with Crippen molar-refractivity contribution < 1.29 is 4.39 Å². The molecule has 0 saturated carbocycles. The van der Waals surface area contributed by atoms with Crippen LogP contribution in [-0.4, -0.2) is 24.6 Å². The van der Waals surface area contributed by atoms with Gasteiger partial charge < -0.3 is 15.6 Å². The summed E-state index contributed by atoms with van der Waals surface area (Å²) < 4.78 is 14.1. The molecule has 1 saturated heterocycles. The zero-order chi connectivity index (χ0) is 14.9. The largest absolute Gasteiger partial charge is 0.358 e. The van der Waals surface area contributed by atoms with E-state index in [1.165, 1.54) is 17.3 Å². The van der Waals surface area contributed by atoms with E-state index in [9.17, 15) is 4.39 Å². The third-order valence-electron chi connectivity index (χ3n) is 4.51. The van der Waals surface area contributed by atoms with Crippen LogP contribution < -0.4 is 10.6 Å². The SMILES string of the molecule is C=C/C(F)=C(\C=C/C)c1cc2c([nH]1)C1(CCNC1)CNC2. The van der Waals surface area contributed by atoms with E-state index in [1.807, 2.05) is 13.0 Å². The highest BCUT2D eigenvalue weighted by atomic mass is 19.1. The van der Waals surface area contributed by atoms with Gasteiger partial charge in [-0.15, -0.1) is 0 Å². The molecule has 3 heterocycles. The molecule has 2 aliphatic rings. The Labute approximate surface area is 125 Å². The molecule has 3 N–H and O–H groups in total. The van der Waals surface area contributed by atoms with Gasteiger partial charge in [-0.2, -0.15) is 0 Å². The standard InChI is InChI=1S/C17H22FN3/c1-3-5-13(14(18)4-2)15-8-12-9-20-11-17(16(12)21-15)6-7-19-10-17/h3-5,8,19-21H,2,6-7,9-11H2,1H3/b5-3-,14-13-. The average molecular weight is 287 g/mol. The molecule has 0 amide bonds. The molecule has 3 nitrogen and oxygen atoms in total. The molecule has 21 heavy (non-hydrogen) atoms. The highest BCUT2D eigenvalue weighted by Gasteiger charge is 2.40. The second-order valence-electron chi connectivity index (χ2n) is 5.86. The smallest absolute Gasteiger partial charge is 0.131 e. The average Bonchev–Trinajstić information content (AvgIpc) is 3.12. The molecule has 1 atom stereocenters. The number of allylic oxidation sites excluding steroid dienone is 5. The number of fused-ring (bicyclic) bond motifs is 2. The van der Waals surface area contributed by atoms with Crippen LogP contribution in [0.2, 0.25) is 0 Å². The van der Waals surface area contributed by atoms with E-state index in [2.05, 4.69) is 28.3 Å². The summed E-state index contributed by atoms with van der Waals surface area (Å²) in [4.78, 5) is 3.49. The molecule has 1 unspecified atom stereocenters. The van der Waals surface area contributed by atoms with Gasteiger partial charge in [-0.05, 0) is 37.6 Å². The van der Waals surface area contributed by atoms with Gasteiger partial charge in [0.2, 0.25) is 0 Å². The second kappa shape index (κ2) is 5.62. The first kappa shape index (κ1) is 14.3. The van der Waals surface area contributed by atoms with Gasteiger partial charge in [-0.3, -0.25) is 0 Å². The van der Waals surface area contributed by atoms with Gasteiger partial charge in [0.15, 0.2) is 0 Å². The molecule has 3 rings (SSSR count). The fourth-order valence-corrected chi connectivity index (χ4v) is 3.46. The van der Waals surface area contributed by atoms with Crippen molar-refractivity contribution in [2.75, 3.05) is 19.6 Å². The molecule has 1 aromatic heterocycles. The van der Waals surface area contributed by atoms with Gasteiger partial charge >= 0.3 is 0 Å². The van der Waals surface area contributed by atoms with Crippen molar-refractivity contribution in [3.63, 3.8) is 0 Å². The Morgan fingerprint density at radius 3 is 2.86 bits per heavy atom. The molecule has 0 bridgehead atoms. The van der Waals surface area contributed by atoms with Crippen molar-refractivity contribution in [1.82, 2.24) is 15.6 Å². The topological polar surface area (TPSA) is 39.9 Å². The first-order valence-electron chi connectivity index (χ1n) is 7.49. The van der Waals surface area contributed by atoms with E-state index >= 15 is 0 Å². The molecular weight excluding hydrogens is 265 g/mol. The Hall–Kier alpha value is -1.65. The third-order valence-corrected chi connectivity index (χ3v) is 4.51. The minimum atomic E-state index is -0.293. The summed E-state index contributed by atoms with van der Waals surface area (Å²) in [5.74, 6) is -0.293. The Kier molecular flexibility index (Phi) is 3.83. The van der Waals surface area contributed by atoms with Gasteiger partial charge in [0.25, 0.3) is 0 Å². The van der Waals surface area contributed by atoms with Crippen LogP contribution in [0.25, 0.3) is 5.57 Å². The number of halogens is 1. The zero-order valence-corrected chi connectivity index (χ0v) is 12.4. The summed E-state index contributed by atoms with van der Waals surface area (Å²) in [6.07, 6.45) is 6.02. The van der Waals surface area contributed by atoms with Crippen LogP contribution in [0.3, 0.4) is 0 Å². The minimum Gasteiger partial charge on any atom is -0.358 e. The molecule has 112 valence electrons. The number of nitrogens with one attached hydrogen (secondary N) is 3. The van der Waals surface area contributed by atoms with Crippen LogP contribution in [-0.2, 0) is 12.0 Å². The van der Waals surface area contributed by atoms with Crippen molar-refractivity contribution in [2.24, 2.45) is 0 Å². The molecule has 1 fully saturated rings. The van der Waals surface area contributed by atoms with Crippen molar-refractivity contribution in [2.45, 2.75) is 25.3 Å². The summed E-state index contributed by atoms with van der Waals surface area (Å²) in [5, 5.41) is 6.94. The predicted octanol–water partition coefficient (Wildman–Crippen LogP) is 2.79. The van der Waals surface area contributed by atoms with Crippen molar-refractivity contribution in [3.8, 4) is 0 Å². The number of rotatable bonds is 3. The van der Waals surface area contributed by atoms with Gasteiger partial charge in [-0.25, -0.2) is 4.39 Å². The Morgan fingerprint density at radius 1 is 1.38 bits per heavy atom. The van der Waals surface area contributed by atoms with Crippen molar-refractivity contribution in [3.05, 3.63) is 53.7 Å². The summed E-state index contributed by atoms with van der Waals surface area (Å²) in [7, 11) is 0. The van der Waals surface area contributed by atoms with Crippen LogP contribution in [0.1, 0.15) is 30.3 Å². The normalized spacial score (nSPS) is 26.2. The third kappa shape index (κ3) is 2.39. The lowest BCUT2D eigenvalue weighted by atomic mass is 9.79. The van der Waals surface area contributed by atoms with E-state index in [-0.39, 0.29) is 11.2 Å². The van der Waals surface area contributed by atoms with Crippen LogP contribution in [0.5, 0.6) is 0 Å². The van der Waals surface area contributed by atoms with Crippen molar-refractivity contribution in [1.29, 1.82) is 0 Å². The maximum Gasteiger partial charge on any atom is 0.131 e. The lowest BCUT2D eigenvalue weighted by Gasteiger charge is -2.33. The molecule has 4 heteroatoms. The number of H-pyrrole nitrogens is 1. The fraction of sp³-hybridized carbons (Fsp3) is 0.412. The Morgan fingerprint density at radius 2 is 2.19 bits per heavy atom. The lowest BCUT2D eigenvalue weighted by Crippen LogP contribution is -2.44. The monoisotopic (exact) mass is 287 g/mol. The summed E-state index contributed by atoms with van der Waals surface area (Å²) >= 11 is 0. The molecule has 0 aromatic carbocycles. The zero-order valence-electron chi connectivity index (χ0n) is 12.4. The summed E-state index contributed by atoms with van der Waals surface area (Å²) in [6.45, 7) is 9.25. The first-order valence-corrected chi connectivity index (χ1v) is 7.49. The van der Waals surface area contributed by atoms with Gasteiger partial charge in [0, 0.05) is 42.0 Å². The maximum atomic E-state index is 14.1. The Bertz CT molecular complexity index is 604. The molecule has 0 aliphatic carbocycles. The van der Waals surface area contributed by atoms with Gasteiger partial charge in [0.1, 0.15) is 5.83 Å². The molecular formula is C17H22FN3. The van der Waals surface area contributed by atoms with Gasteiger partial charge in [-0.1, -0.05) is 18.7 Å². The lowest BCUT2D eigenvalue weighted by molar-refractivity contribution is 0.390. The highest BCUT2D eigenvalue weighted by Crippen LogP contribution is 2.37. The van der Waals surface area contributed by atoms with E-state index in [4.69, 9.17) is 0 Å². The number of hydrogen-bond donors (Lipinski definition) is 3. The highest BCUT2D eigenvalue weighted by molar-refractivity contribution is 5.76. The molecule has 2 aliphatic heterocycles. The summed E-state index contributed by atoms with van der Waals surface area (Å²) in [5.41, 5.74) is 4.05. The number of aromatic amines is 1. The minimum absolute atomic E-state index is 0.123. The summed E-state index contributed by atoms with van der Waals surface area (Å²) in [6, 6.07) is 2.07. The molecule has 1 spiro atoms. The van der Waals surface area contributed by atoms with Crippen LogP contribution in [0.4, 0.5) is 4.39 Å². The maximum absolute atomic E-state index is 14.1. The fourth-order valence-electron chi connectivity index (χ4n) is 3.46. The molecule has 1 aromatic rings. The quantitative estimate of drug-likeness (QED) is 0.748. The molecule has 0 radical (unpaired) electrons.